The maximum atomic E-state index is 6.73. The Balaban J connectivity index is 0.919. The number of fused-ring (bicyclic) bond motifs is 9. The maximum Gasteiger partial charge on any atom is 0.166 e. The summed E-state index contributed by atoms with van der Waals surface area (Å²) in [5.74, 6) is 1.98. The molecule has 0 spiro atoms. The van der Waals surface area contributed by atoms with Gasteiger partial charge in [0.2, 0.25) is 0 Å². The van der Waals surface area contributed by atoms with Crippen molar-refractivity contribution in [1.29, 1.82) is 0 Å². The fourth-order valence-corrected chi connectivity index (χ4v) is 13.5. The second-order valence-electron chi connectivity index (χ2n) is 22.5. The van der Waals surface area contributed by atoms with Gasteiger partial charge in [-0.3, -0.25) is 0 Å². The summed E-state index contributed by atoms with van der Waals surface area (Å²) in [6.07, 6.45) is 9.73. The lowest BCUT2D eigenvalue weighted by molar-refractivity contribution is 0.669. The number of benzene rings is 12. The molecule has 87 heavy (non-hydrogen) atoms. The van der Waals surface area contributed by atoms with Crippen LogP contribution in [0.1, 0.15) is 17.9 Å². The molecule has 4 heterocycles. The van der Waals surface area contributed by atoms with Crippen LogP contribution in [0.2, 0.25) is 0 Å². The van der Waals surface area contributed by atoms with Crippen molar-refractivity contribution >= 4 is 65.6 Å². The molecule has 0 saturated carbocycles. The summed E-state index contributed by atoms with van der Waals surface area (Å²) in [4.78, 5) is 16.7. The molecule has 1 aliphatic carbocycles. The van der Waals surface area contributed by atoms with E-state index in [1.807, 2.05) is 12.1 Å². The van der Waals surface area contributed by atoms with Gasteiger partial charge in [0.25, 0.3) is 0 Å². The molecule has 16 aromatic rings. The van der Waals surface area contributed by atoms with Crippen LogP contribution in [-0.2, 0) is 0 Å². The average molecular weight is 1110 g/mol. The molecule has 6 heteroatoms. The predicted octanol–water partition coefficient (Wildman–Crippen LogP) is 21.2. The quantitative estimate of drug-likeness (QED) is 0.137. The van der Waals surface area contributed by atoms with Gasteiger partial charge >= 0.3 is 0 Å². The highest BCUT2D eigenvalue weighted by molar-refractivity contribution is 6.23. The number of aromatic nitrogens is 5. The lowest BCUT2D eigenvalue weighted by Crippen LogP contribution is -2.04. The van der Waals surface area contributed by atoms with Crippen molar-refractivity contribution in [2.45, 2.75) is 12.3 Å². The lowest BCUT2D eigenvalue weighted by Gasteiger charge is -2.17. The van der Waals surface area contributed by atoms with Gasteiger partial charge in [0.1, 0.15) is 11.2 Å². The molecule has 1 atom stereocenters. The summed E-state index contributed by atoms with van der Waals surface area (Å²) in [6, 6.07) is 100. The van der Waals surface area contributed by atoms with Crippen molar-refractivity contribution in [2.75, 3.05) is 0 Å². The third-order valence-corrected chi connectivity index (χ3v) is 17.5. The Bertz CT molecular complexity index is 5410. The van der Waals surface area contributed by atoms with Gasteiger partial charge in [0.05, 0.1) is 27.8 Å². The standard InChI is InChI=1S/C81H53N5O/c1-6-22-52(23-7-1)55-42-44-57(45-43-55)79-82-80(84-81(83-79)67-36-21-41-74-78(67)77-61(33-20-40-73(77)87-74)56-28-12-4-13-29-56)66-49-47-59(54-26-10-3-11-27-54)51-72(66)86-68-37-17-16-32-64(68)75-62(35-19-39-70(75)86)63-34-18-38-69-76(63)65-48-46-58(53-24-8-2-9-25-53)50-71(65)85(69)60-30-14-5-15-31-60/h1-22,24-52H,23H2. The molecule has 0 aliphatic heterocycles. The van der Waals surface area contributed by atoms with Gasteiger partial charge in [-0.15, -0.1) is 0 Å². The zero-order valence-electron chi connectivity index (χ0n) is 47.3. The van der Waals surface area contributed by atoms with Gasteiger partial charge in [-0.2, -0.15) is 0 Å². The zero-order valence-corrected chi connectivity index (χ0v) is 47.3. The molecule has 0 N–H and O–H groups in total. The third kappa shape index (κ3) is 8.44. The van der Waals surface area contributed by atoms with E-state index in [0.717, 1.165) is 123 Å². The van der Waals surface area contributed by atoms with Crippen molar-refractivity contribution in [2.24, 2.45) is 0 Å². The molecule has 0 saturated heterocycles. The van der Waals surface area contributed by atoms with E-state index in [1.54, 1.807) is 0 Å². The SMILES string of the molecule is C1=CCC(c2ccc(-c3nc(-c4ccc(-c5ccccc5)cc4-n4c5ccccc5c5c(-c6cccc7c6c6ccc(-c8ccccc8)cc6n7-c6ccccc6)cccc54)nc(-c4cccc5oc6cccc(-c7ccccc7)c6c45)n3)cc2)C=C1. The van der Waals surface area contributed by atoms with Crippen molar-refractivity contribution in [3.8, 4) is 90.0 Å². The van der Waals surface area contributed by atoms with Crippen LogP contribution in [0.3, 0.4) is 0 Å². The Hall–Kier alpha value is -11.5. The minimum Gasteiger partial charge on any atom is -0.456 e. The largest absolute Gasteiger partial charge is 0.456 e. The third-order valence-electron chi connectivity index (χ3n) is 17.5. The second kappa shape index (κ2) is 20.7. The van der Waals surface area contributed by atoms with Crippen molar-refractivity contribution in [3.05, 3.63) is 309 Å². The number of allylic oxidation sites excluding steroid dienone is 4. The van der Waals surface area contributed by atoms with Gasteiger partial charge in [-0.05, 0) is 117 Å². The van der Waals surface area contributed by atoms with Crippen LogP contribution in [0, 0.1) is 0 Å². The van der Waals surface area contributed by atoms with Gasteiger partial charge in [-0.25, -0.2) is 15.0 Å². The Morgan fingerprint density at radius 1 is 0.322 bits per heavy atom. The molecule has 17 rings (SSSR count). The molecule has 0 amide bonds. The summed E-state index contributed by atoms with van der Waals surface area (Å²) in [5, 5.41) is 6.67. The molecule has 1 aliphatic rings. The Morgan fingerprint density at radius 2 is 0.839 bits per heavy atom. The summed E-state index contributed by atoms with van der Waals surface area (Å²) in [6.45, 7) is 0. The molecule has 0 radical (unpaired) electrons. The van der Waals surface area contributed by atoms with Crippen molar-refractivity contribution in [1.82, 2.24) is 24.1 Å². The number of rotatable bonds is 10. The van der Waals surface area contributed by atoms with E-state index in [0.29, 0.717) is 23.4 Å². The predicted molar refractivity (Wildman–Crippen MR) is 359 cm³/mol. The molecular formula is C81H53N5O. The van der Waals surface area contributed by atoms with Crippen molar-refractivity contribution in [3.63, 3.8) is 0 Å². The monoisotopic (exact) mass is 1110 g/mol. The van der Waals surface area contributed by atoms with Gasteiger partial charge in [0.15, 0.2) is 17.5 Å². The molecule has 0 fully saturated rings. The van der Waals surface area contributed by atoms with Crippen LogP contribution in [-0.4, -0.2) is 24.1 Å². The Morgan fingerprint density at radius 3 is 1.52 bits per heavy atom. The Kier molecular flexibility index (Phi) is 11.9. The first-order chi connectivity index (χ1) is 43.2. The highest BCUT2D eigenvalue weighted by atomic mass is 16.3. The second-order valence-corrected chi connectivity index (χ2v) is 22.5. The first-order valence-corrected chi connectivity index (χ1v) is 29.8. The highest BCUT2D eigenvalue weighted by Crippen LogP contribution is 2.47. The van der Waals surface area contributed by atoms with E-state index < -0.39 is 0 Å². The zero-order chi connectivity index (χ0) is 57.4. The minimum absolute atomic E-state index is 0.299. The minimum atomic E-state index is 0.299. The summed E-state index contributed by atoms with van der Waals surface area (Å²) < 4.78 is 11.6. The Labute approximate surface area is 502 Å². The lowest BCUT2D eigenvalue weighted by atomic mass is 9.92. The maximum absolute atomic E-state index is 6.73. The number of hydrogen-bond acceptors (Lipinski definition) is 4. The fourth-order valence-electron chi connectivity index (χ4n) is 13.5. The first kappa shape index (κ1) is 50.1. The van der Waals surface area contributed by atoms with E-state index in [4.69, 9.17) is 19.4 Å². The van der Waals surface area contributed by atoms with E-state index in [-0.39, 0.29) is 0 Å². The van der Waals surface area contributed by atoms with Crippen LogP contribution in [0.25, 0.3) is 156 Å². The normalized spacial score (nSPS) is 13.3. The van der Waals surface area contributed by atoms with E-state index in [2.05, 4.69) is 300 Å². The molecule has 4 aromatic heterocycles. The number of nitrogens with zero attached hydrogens (tertiary/aromatic N) is 5. The van der Waals surface area contributed by atoms with E-state index >= 15 is 0 Å². The van der Waals surface area contributed by atoms with Crippen LogP contribution >= 0.6 is 0 Å². The van der Waals surface area contributed by atoms with E-state index in [1.165, 1.54) is 27.5 Å². The molecule has 1 unspecified atom stereocenters. The fraction of sp³-hybridized carbons (Fsp3) is 0.0247. The molecule has 6 nitrogen and oxygen atoms in total. The van der Waals surface area contributed by atoms with Crippen LogP contribution in [0.15, 0.2) is 308 Å². The van der Waals surface area contributed by atoms with Gasteiger partial charge < -0.3 is 13.6 Å². The van der Waals surface area contributed by atoms with Crippen LogP contribution < -0.4 is 0 Å². The average Bonchev–Trinajstić information content (AvgIpc) is 1.70. The van der Waals surface area contributed by atoms with Gasteiger partial charge in [-0.1, -0.05) is 243 Å². The molecular weight excluding hydrogens is 1060 g/mol. The highest BCUT2D eigenvalue weighted by Gasteiger charge is 2.26. The molecule has 12 aromatic carbocycles. The molecule has 408 valence electrons. The number of hydrogen-bond donors (Lipinski definition) is 0. The van der Waals surface area contributed by atoms with E-state index in [9.17, 15) is 0 Å². The van der Waals surface area contributed by atoms with Gasteiger partial charge in [0, 0.05) is 60.6 Å². The molecule has 0 bridgehead atoms. The summed E-state index contributed by atoms with van der Waals surface area (Å²) >= 11 is 0. The number of furan rings is 1. The summed E-state index contributed by atoms with van der Waals surface area (Å²) in [5.41, 5.74) is 21.0. The van der Waals surface area contributed by atoms with Crippen molar-refractivity contribution < 1.29 is 4.42 Å². The topological polar surface area (TPSA) is 61.7 Å². The first-order valence-electron chi connectivity index (χ1n) is 29.8. The summed E-state index contributed by atoms with van der Waals surface area (Å²) in [7, 11) is 0. The number of para-hydroxylation sites is 2. The van der Waals surface area contributed by atoms with Crippen LogP contribution in [0.5, 0.6) is 0 Å². The smallest absolute Gasteiger partial charge is 0.166 e. The van der Waals surface area contributed by atoms with Crippen LogP contribution in [0.4, 0.5) is 0 Å².